The Labute approximate surface area is 141 Å². The molecule has 1 aliphatic rings. The maximum Gasteiger partial charge on any atom is 0.267 e. The van der Waals surface area contributed by atoms with Gasteiger partial charge in [0.2, 0.25) is 5.91 Å². The first kappa shape index (κ1) is 14.6. The lowest BCUT2D eigenvalue weighted by atomic mass is 10.1. The summed E-state index contributed by atoms with van der Waals surface area (Å²) >= 11 is 3.20. The highest BCUT2D eigenvalue weighted by molar-refractivity contribution is 7.13. The van der Waals surface area contributed by atoms with Crippen molar-refractivity contribution in [2.24, 2.45) is 0 Å². The fraction of sp³-hybridized carbons (Fsp3) is 0.312. The quantitative estimate of drug-likeness (QED) is 0.727. The first-order valence-corrected chi connectivity index (χ1v) is 9.23. The van der Waals surface area contributed by atoms with Crippen molar-refractivity contribution in [1.82, 2.24) is 15.0 Å². The predicted molar refractivity (Wildman–Crippen MR) is 89.6 cm³/mol. The van der Waals surface area contributed by atoms with Crippen LogP contribution in [0.15, 0.2) is 39.5 Å². The minimum atomic E-state index is 0.166. The van der Waals surface area contributed by atoms with Gasteiger partial charge in [-0.1, -0.05) is 17.3 Å². The first-order chi connectivity index (χ1) is 11.3. The van der Waals surface area contributed by atoms with Crippen molar-refractivity contribution in [3.8, 4) is 10.8 Å². The van der Waals surface area contributed by atoms with Gasteiger partial charge >= 0.3 is 0 Å². The standard InChI is InChI=1S/C16H15N3O2S2/c20-14(9-12-3-1-7-22-12)19-6-5-11(10-19)15-17-16(21-18-15)13-4-2-8-23-13/h1-4,7-8,11H,5-6,9-10H2/t11-/m0/s1. The van der Waals surface area contributed by atoms with Crippen molar-refractivity contribution >= 4 is 28.6 Å². The molecule has 0 bridgehead atoms. The van der Waals surface area contributed by atoms with Crippen LogP contribution >= 0.6 is 22.7 Å². The van der Waals surface area contributed by atoms with E-state index in [0.717, 1.165) is 22.7 Å². The SMILES string of the molecule is O=C(Cc1cccs1)N1CC[C@H](c2noc(-c3cccs3)n2)C1. The summed E-state index contributed by atoms with van der Waals surface area (Å²) in [5.74, 6) is 1.62. The fourth-order valence-electron chi connectivity index (χ4n) is 2.77. The summed E-state index contributed by atoms with van der Waals surface area (Å²) in [6.45, 7) is 1.44. The number of aromatic nitrogens is 2. The summed E-state index contributed by atoms with van der Waals surface area (Å²) in [6, 6.07) is 7.91. The zero-order valence-corrected chi connectivity index (χ0v) is 14.0. The van der Waals surface area contributed by atoms with E-state index < -0.39 is 0 Å². The van der Waals surface area contributed by atoms with Crippen molar-refractivity contribution < 1.29 is 9.32 Å². The minimum absolute atomic E-state index is 0.166. The number of nitrogens with zero attached hydrogens (tertiary/aromatic N) is 3. The number of carbonyl (C=O) groups is 1. The van der Waals surface area contributed by atoms with Crippen LogP contribution in [-0.2, 0) is 11.2 Å². The van der Waals surface area contributed by atoms with Gasteiger partial charge < -0.3 is 9.42 Å². The number of rotatable bonds is 4. The molecule has 5 nitrogen and oxygen atoms in total. The van der Waals surface area contributed by atoms with E-state index in [4.69, 9.17) is 4.52 Å². The summed E-state index contributed by atoms with van der Waals surface area (Å²) in [5, 5.41) is 8.09. The second-order valence-electron chi connectivity index (χ2n) is 5.52. The van der Waals surface area contributed by atoms with Crippen LogP contribution in [0.5, 0.6) is 0 Å². The maximum absolute atomic E-state index is 12.4. The summed E-state index contributed by atoms with van der Waals surface area (Å²) in [7, 11) is 0. The highest BCUT2D eigenvalue weighted by Crippen LogP contribution is 2.29. The van der Waals surface area contributed by atoms with Gasteiger partial charge in [-0.3, -0.25) is 4.79 Å². The molecule has 0 N–H and O–H groups in total. The van der Waals surface area contributed by atoms with Crippen LogP contribution in [0.4, 0.5) is 0 Å². The lowest BCUT2D eigenvalue weighted by Crippen LogP contribution is -2.29. The van der Waals surface area contributed by atoms with Gasteiger partial charge in [0.15, 0.2) is 5.82 Å². The number of amides is 1. The Balaban J connectivity index is 1.41. The van der Waals surface area contributed by atoms with Gasteiger partial charge in [-0.25, -0.2) is 0 Å². The fourth-order valence-corrected chi connectivity index (χ4v) is 4.11. The first-order valence-electron chi connectivity index (χ1n) is 7.47. The van der Waals surface area contributed by atoms with Gasteiger partial charge in [0, 0.05) is 23.9 Å². The second kappa shape index (κ2) is 6.25. The second-order valence-corrected chi connectivity index (χ2v) is 7.50. The van der Waals surface area contributed by atoms with Gasteiger partial charge in [0.1, 0.15) is 0 Å². The predicted octanol–water partition coefficient (Wildman–Crippen LogP) is 3.42. The largest absolute Gasteiger partial charge is 0.342 e. The van der Waals surface area contributed by atoms with E-state index in [1.807, 2.05) is 39.9 Å². The average molecular weight is 345 g/mol. The molecule has 3 aromatic rings. The molecule has 1 amide bonds. The van der Waals surface area contributed by atoms with Crippen molar-refractivity contribution in [1.29, 1.82) is 0 Å². The number of hydrogen-bond donors (Lipinski definition) is 0. The molecule has 4 heterocycles. The third-order valence-corrected chi connectivity index (χ3v) is 5.72. The molecule has 0 spiro atoms. The van der Waals surface area contributed by atoms with Gasteiger partial charge in [-0.05, 0) is 29.3 Å². The van der Waals surface area contributed by atoms with E-state index in [-0.39, 0.29) is 11.8 Å². The maximum atomic E-state index is 12.4. The van der Waals surface area contributed by atoms with Crippen LogP contribution in [0.1, 0.15) is 23.0 Å². The molecule has 0 aliphatic carbocycles. The zero-order chi connectivity index (χ0) is 15.6. The van der Waals surface area contributed by atoms with Gasteiger partial charge in [-0.15, -0.1) is 22.7 Å². The Morgan fingerprint density at radius 1 is 1.30 bits per heavy atom. The summed E-state index contributed by atoms with van der Waals surface area (Å²) in [4.78, 5) is 20.8. The molecule has 1 saturated heterocycles. The lowest BCUT2D eigenvalue weighted by molar-refractivity contribution is -0.129. The Morgan fingerprint density at radius 3 is 2.96 bits per heavy atom. The van der Waals surface area contributed by atoms with Crippen LogP contribution < -0.4 is 0 Å². The Morgan fingerprint density at radius 2 is 2.17 bits per heavy atom. The molecule has 4 rings (SSSR count). The Bertz CT molecular complexity index is 780. The van der Waals surface area contributed by atoms with Crippen LogP contribution in [0, 0.1) is 0 Å². The number of thiophene rings is 2. The van der Waals surface area contributed by atoms with Crippen LogP contribution in [0.2, 0.25) is 0 Å². The summed E-state index contributed by atoms with van der Waals surface area (Å²) < 4.78 is 5.35. The van der Waals surface area contributed by atoms with Crippen LogP contribution in [0.25, 0.3) is 10.8 Å². The molecule has 0 unspecified atom stereocenters. The zero-order valence-electron chi connectivity index (χ0n) is 12.3. The average Bonchev–Trinajstić information content (AvgIpc) is 3.30. The number of carbonyl (C=O) groups excluding carboxylic acids is 1. The molecule has 1 atom stereocenters. The van der Waals surface area contributed by atoms with E-state index in [9.17, 15) is 4.79 Å². The summed E-state index contributed by atoms with van der Waals surface area (Å²) in [6.07, 6.45) is 1.37. The highest BCUT2D eigenvalue weighted by Gasteiger charge is 2.30. The summed E-state index contributed by atoms with van der Waals surface area (Å²) in [5.41, 5.74) is 0. The molecule has 3 aromatic heterocycles. The lowest BCUT2D eigenvalue weighted by Gasteiger charge is -2.15. The molecule has 0 radical (unpaired) electrons. The Hall–Kier alpha value is -1.99. The highest BCUT2D eigenvalue weighted by atomic mass is 32.1. The third kappa shape index (κ3) is 3.07. The minimum Gasteiger partial charge on any atom is -0.342 e. The smallest absolute Gasteiger partial charge is 0.267 e. The molecule has 7 heteroatoms. The molecular weight excluding hydrogens is 330 g/mol. The van der Waals surface area contributed by atoms with Gasteiger partial charge in [0.25, 0.3) is 5.89 Å². The number of likely N-dealkylation sites (tertiary alicyclic amines) is 1. The number of hydrogen-bond acceptors (Lipinski definition) is 6. The monoisotopic (exact) mass is 345 g/mol. The van der Waals surface area contributed by atoms with Crippen molar-refractivity contribution in [3.63, 3.8) is 0 Å². The van der Waals surface area contributed by atoms with E-state index in [0.29, 0.717) is 24.7 Å². The molecule has 1 fully saturated rings. The van der Waals surface area contributed by atoms with Crippen LogP contribution in [-0.4, -0.2) is 34.0 Å². The molecule has 0 aromatic carbocycles. The van der Waals surface area contributed by atoms with E-state index in [1.165, 1.54) is 0 Å². The topological polar surface area (TPSA) is 59.2 Å². The van der Waals surface area contributed by atoms with Gasteiger partial charge in [0.05, 0.1) is 11.3 Å². The normalized spacial score (nSPS) is 17.7. The molecule has 23 heavy (non-hydrogen) atoms. The molecule has 0 saturated carbocycles. The van der Waals surface area contributed by atoms with Gasteiger partial charge in [-0.2, -0.15) is 4.98 Å². The molecular formula is C16H15N3O2S2. The van der Waals surface area contributed by atoms with Crippen molar-refractivity contribution in [3.05, 3.63) is 45.7 Å². The Kier molecular flexibility index (Phi) is 3.97. The van der Waals surface area contributed by atoms with E-state index >= 15 is 0 Å². The third-order valence-electron chi connectivity index (χ3n) is 3.99. The molecule has 1 aliphatic heterocycles. The van der Waals surface area contributed by atoms with E-state index in [2.05, 4.69) is 10.1 Å². The van der Waals surface area contributed by atoms with Crippen LogP contribution in [0.3, 0.4) is 0 Å². The van der Waals surface area contributed by atoms with Crippen molar-refractivity contribution in [2.75, 3.05) is 13.1 Å². The molecule has 118 valence electrons. The van der Waals surface area contributed by atoms with Crippen molar-refractivity contribution in [2.45, 2.75) is 18.8 Å². The van der Waals surface area contributed by atoms with E-state index in [1.54, 1.807) is 22.7 Å².